The summed E-state index contributed by atoms with van der Waals surface area (Å²) < 4.78 is 0. The fourth-order valence-corrected chi connectivity index (χ4v) is 3.20. The first-order valence-corrected chi connectivity index (χ1v) is 8.51. The number of carboxylic acids is 1. The average molecular weight is 338 g/mol. The highest BCUT2D eigenvalue weighted by atomic mass is 16.4. The van der Waals surface area contributed by atoms with Crippen LogP contribution >= 0.6 is 0 Å². The van der Waals surface area contributed by atoms with Gasteiger partial charge in [-0.3, -0.25) is 9.69 Å². The van der Waals surface area contributed by atoms with E-state index >= 15 is 0 Å². The van der Waals surface area contributed by atoms with Crippen molar-refractivity contribution in [1.29, 1.82) is 0 Å². The maximum Gasteiger partial charge on any atom is 0.335 e. The Kier molecular flexibility index (Phi) is 5.46. The molecule has 1 saturated heterocycles. The summed E-state index contributed by atoms with van der Waals surface area (Å²) >= 11 is 0. The van der Waals surface area contributed by atoms with Crippen molar-refractivity contribution in [2.24, 2.45) is 0 Å². The molecule has 1 aliphatic rings. The van der Waals surface area contributed by atoms with Crippen LogP contribution in [-0.4, -0.2) is 34.5 Å². The van der Waals surface area contributed by atoms with Gasteiger partial charge in [0, 0.05) is 13.1 Å². The molecule has 1 aliphatic heterocycles. The van der Waals surface area contributed by atoms with Crippen LogP contribution in [0.4, 0.5) is 0 Å². The predicted molar refractivity (Wildman–Crippen MR) is 95.1 cm³/mol. The van der Waals surface area contributed by atoms with Crippen LogP contribution in [0.3, 0.4) is 0 Å². The second-order valence-electron chi connectivity index (χ2n) is 6.33. The van der Waals surface area contributed by atoms with E-state index in [1.54, 1.807) is 24.3 Å². The van der Waals surface area contributed by atoms with E-state index in [4.69, 9.17) is 5.11 Å². The Bertz CT molecular complexity index is 728. The van der Waals surface area contributed by atoms with Gasteiger partial charge in [0.25, 0.3) is 0 Å². The van der Waals surface area contributed by atoms with Crippen LogP contribution in [0.2, 0.25) is 0 Å². The third kappa shape index (κ3) is 4.45. The molecule has 2 aromatic carbocycles. The van der Waals surface area contributed by atoms with Gasteiger partial charge >= 0.3 is 5.97 Å². The molecule has 1 fully saturated rings. The molecule has 2 aromatic rings. The Hall–Kier alpha value is -2.66. The third-order valence-corrected chi connectivity index (χ3v) is 4.56. The molecule has 25 heavy (non-hydrogen) atoms. The summed E-state index contributed by atoms with van der Waals surface area (Å²) in [6, 6.07) is 16.7. The molecule has 0 bridgehead atoms. The molecule has 3 rings (SSSR count). The molecule has 1 atom stereocenters. The summed E-state index contributed by atoms with van der Waals surface area (Å²) in [7, 11) is 0. The molecule has 0 saturated carbocycles. The van der Waals surface area contributed by atoms with Gasteiger partial charge in [0.1, 0.15) is 0 Å². The summed E-state index contributed by atoms with van der Waals surface area (Å²) in [6.07, 6.45) is 1.90. The molecule has 130 valence electrons. The Morgan fingerprint density at radius 3 is 2.44 bits per heavy atom. The normalized spacial score (nSPS) is 17.4. The first kappa shape index (κ1) is 17.2. The minimum absolute atomic E-state index is 0.0377. The number of rotatable bonds is 6. The highest BCUT2D eigenvalue weighted by Crippen LogP contribution is 2.20. The van der Waals surface area contributed by atoms with Crippen LogP contribution < -0.4 is 5.32 Å². The molecule has 0 radical (unpaired) electrons. The van der Waals surface area contributed by atoms with Crippen LogP contribution in [0, 0.1) is 0 Å². The van der Waals surface area contributed by atoms with E-state index in [-0.39, 0.29) is 17.5 Å². The van der Waals surface area contributed by atoms with Gasteiger partial charge in [-0.05, 0) is 42.6 Å². The molecule has 1 amide bonds. The molecule has 5 heteroatoms. The number of carbonyl (C=O) groups is 2. The van der Waals surface area contributed by atoms with Crippen LogP contribution in [-0.2, 0) is 17.9 Å². The fraction of sp³-hybridized carbons (Fsp3) is 0.300. The number of hydrogen-bond donors (Lipinski definition) is 2. The Labute approximate surface area is 147 Å². The fourth-order valence-electron chi connectivity index (χ4n) is 3.20. The van der Waals surface area contributed by atoms with E-state index in [1.165, 1.54) is 5.56 Å². The maximum atomic E-state index is 12.5. The molecule has 0 aliphatic carbocycles. The lowest BCUT2D eigenvalue weighted by atomic mass is 10.1. The average Bonchev–Trinajstić information content (AvgIpc) is 3.09. The SMILES string of the molecule is O=C(O)c1ccc(CNC(=O)[C@@H]2CCCN2Cc2ccccc2)cc1. The zero-order valence-corrected chi connectivity index (χ0v) is 14.0. The van der Waals surface area contributed by atoms with Gasteiger partial charge in [-0.15, -0.1) is 0 Å². The third-order valence-electron chi connectivity index (χ3n) is 4.56. The molecule has 0 unspecified atom stereocenters. The second kappa shape index (κ2) is 7.94. The number of carbonyl (C=O) groups excluding carboxylic acids is 1. The summed E-state index contributed by atoms with van der Waals surface area (Å²) in [4.78, 5) is 25.6. The zero-order chi connectivity index (χ0) is 17.6. The van der Waals surface area contributed by atoms with Crippen molar-refractivity contribution in [3.8, 4) is 0 Å². The van der Waals surface area contributed by atoms with E-state index in [2.05, 4.69) is 22.3 Å². The van der Waals surface area contributed by atoms with E-state index in [1.807, 2.05) is 18.2 Å². The maximum absolute atomic E-state index is 12.5. The van der Waals surface area contributed by atoms with Gasteiger partial charge in [0.15, 0.2) is 0 Å². The quantitative estimate of drug-likeness (QED) is 0.850. The molecule has 5 nitrogen and oxygen atoms in total. The Morgan fingerprint density at radius 1 is 1.04 bits per heavy atom. The first-order valence-electron chi connectivity index (χ1n) is 8.51. The number of hydrogen-bond acceptors (Lipinski definition) is 3. The lowest BCUT2D eigenvalue weighted by Gasteiger charge is -2.23. The highest BCUT2D eigenvalue weighted by Gasteiger charge is 2.30. The number of amides is 1. The zero-order valence-electron chi connectivity index (χ0n) is 14.0. The van der Waals surface area contributed by atoms with Crippen molar-refractivity contribution in [1.82, 2.24) is 10.2 Å². The number of aromatic carboxylic acids is 1. The van der Waals surface area contributed by atoms with Gasteiger partial charge in [-0.1, -0.05) is 42.5 Å². The number of benzene rings is 2. The van der Waals surface area contributed by atoms with Crippen molar-refractivity contribution in [3.63, 3.8) is 0 Å². The van der Waals surface area contributed by atoms with Crippen molar-refractivity contribution < 1.29 is 14.7 Å². The first-order chi connectivity index (χ1) is 12.1. The Morgan fingerprint density at radius 2 is 1.76 bits per heavy atom. The molecular formula is C20H22N2O3. The molecular weight excluding hydrogens is 316 g/mol. The largest absolute Gasteiger partial charge is 0.478 e. The lowest BCUT2D eigenvalue weighted by molar-refractivity contribution is -0.125. The van der Waals surface area contributed by atoms with E-state index in [0.29, 0.717) is 6.54 Å². The van der Waals surface area contributed by atoms with Crippen molar-refractivity contribution in [2.75, 3.05) is 6.54 Å². The van der Waals surface area contributed by atoms with E-state index in [9.17, 15) is 9.59 Å². The van der Waals surface area contributed by atoms with Gasteiger partial charge in [-0.2, -0.15) is 0 Å². The minimum Gasteiger partial charge on any atom is -0.478 e. The smallest absolute Gasteiger partial charge is 0.335 e. The van der Waals surface area contributed by atoms with Crippen LogP contribution in [0.25, 0.3) is 0 Å². The van der Waals surface area contributed by atoms with Gasteiger partial charge in [0.2, 0.25) is 5.91 Å². The highest BCUT2D eigenvalue weighted by molar-refractivity contribution is 5.87. The number of likely N-dealkylation sites (tertiary alicyclic amines) is 1. The lowest BCUT2D eigenvalue weighted by Crippen LogP contribution is -2.42. The van der Waals surface area contributed by atoms with Crippen molar-refractivity contribution in [2.45, 2.75) is 32.0 Å². The molecule has 1 heterocycles. The van der Waals surface area contributed by atoms with E-state index in [0.717, 1.165) is 31.5 Å². The van der Waals surface area contributed by atoms with Crippen molar-refractivity contribution in [3.05, 3.63) is 71.3 Å². The van der Waals surface area contributed by atoms with Crippen LogP contribution in [0.1, 0.15) is 34.3 Å². The number of nitrogens with zero attached hydrogens (tertiary/aromatic N) is 1. The van der Waals surface area contributed by atoms with Gasteiger partial charge in [-0.25, -0.2) is 4.79 Å². The summed E-state index contributed by atoms with van der Waals surface area (Å²) in [5.41, 5.74) is 2.36. The monoisotopic (exact) mass is 338 g/mol. The molecule has 2 N–H and O–H groups in total. The van der Waals surface area contributed by atoms with Crippen LogP contribution in [0.5, 0.6) is 0 Å². The Balaban J connectivity index is 1.55. The molecule has 0 spiro atoms. The topological polar surface area (TPSA) is 69.6 Å². The minimum atomic E-state index is -0.946. The second-order valence-corrected chi connectivity index (χ2v) is 6.33. The predicted octanol–water partition coefficient (Wildman–Crippen LogP) is 2.67. The van der Waals surface area contributed by atoms with Crippen molar-refractivity contribution >= 4 is 11.9 Å². The molecule has 0 aromatic heterocycles. The summed E-state index contributed by atoms with van der Waals surface area (Å²) in [6.45, 7) is 2.13. The summed E-state index contributed by atoms with van der Waals surface area (Å²) in [5, 5.41) is 11.9. The van der Waals surface area contributed by atoms with Gasteiger partial charge < -0.3 is 10.4 Å². The van der Waals surface area contributed by atoms with Gasteiger partial charge in [0.05, 0.1) is 11.6 Å². The summed E-state index contributed by atoms with van der Waals surface area (Å²) in [5.74, 6) is -0.908. The van der Waals surface area contributed by atoms with E-state index < -0.39 is 5.97 Å². The number of nitrogens with one attached hydrogen (secondary N) is 1. The van der Waals surface area contributed by atoms with Crippen LogP contribution in [0.15, 0.2) is 54.6 Å². The number of carboxylic acid groups (broad SMARTS) is 1. The standard InChI is InChI=1S/C20H22N2O3/c23-19(21-13-15-8-10-17(11-9-15)20(24)25)18-7-4-12-22(18)14-16-5-2-1-3-6-16/h1-3,5-6,8-11,18H,4,7,12-14H2,(H,21,23)(H,24,25)/t18-/m0/s1.